The summed E-state index contributed by atoms with van der Waals surface area (Å²) in [6, 6.07) is 12.4. The maximum absolute atomic E-state index is 14.0. The van der Waals surface area contributed by atoms with Crippen LogP contribution in [-0.2, 0) is 9.53 Å². The first-order valence-electron chi connectivity index (χ1n) is 14.0. The van der Waals surface area contributed by atoms with E-state index in [0.717, 1.165) is 25.7 Å². The molecule has 3 rings (SSSR count). The van der Waals surface area contributed by atoms with E-state index in [1.165, 1.54) is 13.5 Å². The molecule has 4 atom stereocenters. The summed E-state index contributed by atoms with van der Waals surface area (Å²) in [6.07, 6.45) is 5.02. The number of ether oxygens (including phenoxy) is 1. The molecule has 1 aromatic carbocycles. The highest BCUT2D eigenvalue weighted by Crippen LogP contribution is 2.28. The molecule has 1 heterocycles. The quantitative estimate of drug-likeness (QED) is 0.277. The van der Waals surface area contributed by atoms with Crippen LogP contribution in [0.3, 0.4) is 0 Å². The summed E-state index contributed by atoms with van der Waals surface area (Å²) in [5, 5.41) is 16.0. The Morgan fingerprint density at radius 2 is 1.75 bits per heavy atom. The van der Waals surface area contributed by atoms with E-state index in [0.29, 0.717) is 18.0 Å². The lowest BCUT2D eigenvalue weighted by atomic mass is 9.80. The smallest absolute Gasteiger partial charge is 0.407 e. The monoisotopic (exact) mass is 553 g/mol. The van der Waals surface area contributed by atoms with Crippen molar-refractivity contribution in [3.8, 4) is 0 Å². The Balaban J connectivity index is 1.90. The Morgan fingerprint density at radius 1 is 1.07 bits per heavy atom. The number of pyridine rings is 1. The molecule has 2 aromatic rings. The number of hydrogen-bond acceptors (Lipinski definition) is 8. The zero-order chi connectivity index (χ0) is 29.1. The second-order valence-electron chi connectivity index (χ2n) is 10.9. The first kappa shape index (κ1) is 31.2. The lowest BCUT2D eigenvalue weighted by Crippen LogP contribution is -2.55. The average molecular weight is 554 g/mol. The highest BCUT2D eigenvalue weighted by atomic mass is 16.5. The third kappa shape index (κ3) is 8.84. The van der Waals surface area contributed by atoms with Gasteiger partial charge in [0.05, 0.1) is 25.2 Å². The predicted molar refractivity (Wildman–Crippen MR) is 152 cm³/mol. The minimum Gasteiger partial charge on any atom is -0.453 e. The van der Waals surface area contributed by atoms with Gasteiger partial charge in [0.25, 0.3) is 5.91 Å². The summed E-state index contributed by atoms with van der Waals surface area (Å²) in [6.45, 7) is 4.09. The maximum Gasteiger partial charge on any atom is 0.407 e. The molecule has 10 nitrogen and oxygen atoms in total. The molecule has 1 aromatic heterocycles. The number of benzene rings is 1. The number of Topliss-reactive ketones (excluding diaryl/α,β-unsaturated/α-hetero) is 1. The number of carbonyl (C=O) groups is 3. The van der Waals surface area contributed by atoms with Gasteiger partial charge in [-0.25, -0.2) is 9.80 Å². The zero-order valence-corrected chi connectivity index (χ0v) is 23.7. The van der Waals surface area contributed by atoms with Crippen molar-refractivity contribution >= 4 is 17.8 Å². The maximum atomic E-state index is 14.0. The molecule has 0 bridgehead atoms. The van der Waals surface area contributed by atoms with Gasteiger partial charge in [-0.2, -0.15) is 0 Å². The number of aliphatic hydroxyl groups excluding tert-OH is 1. The molecular formula is C30H43N5O5. The molecule has 1 aliphatic rings. The summed E-state index contributed by atoms with van der Waals surface area (Å²) < 4.78 is 4.74. The molecule has 1 fully saturated rings. The number of alkyl carbamates (subject to hydrolysis) is 1. The van der Waals surface area contributed by atoms with Crippen molar-refractivity contribution in [1.29, 1.82) is 0 Å². The summed E-state index contributed by atoms with van der Waals surface area (Å²) in [5.74, 6) is -1.82. The second kappa shape index (κ2) is 15.4. The van der Waals surface area contributed by atoms with Gasteiger partial charge in [0.2, 0.25) is 0 Å². The number of nitrogens with zero attached hydrogens (tertiary/aromatic N) is 2. The Morgan fingerprint density at radius 3 is 2.35 bits per heavy atom. The average Bonchev–Trinajstić information content (AvgIpc) is 2.96. The Kier molecular flexibility index (Phi) is 12.0. The number of amides is 2. The minimum atomic E-state index is -1.25. The predicted octanol–water partition coefficient (Wildman–Crippen LogP) is 3.24. The van der Waals surface area contributed by atoms with Gasteiger partial charge in [0, 0.05) is 25.3 Å². The van der Waals surface area contributed by atoms with Crippen LogP contribution in [0.5, 0.6) is 0 Å². The third-order valence-electron chi connectivity index (χ3n) is 7.51. The minimum absolute atomic E-state index is 0.0327. The third-order valence-corrected chi connectivity index (χ3v) is 7.51. The zero-order valence-electron chi connectivity index (χ0n) is 23.7. The number of methoxy groups -OCH3 is 1. The normalized spacial score (nSPS) is 17.1. The van der Waals surface area contributed by atoms with Crippen LogP contribution < -0.4 is 16.5 Å². The Bertz CT molecular complexity index is 1080. The summed E-state index contributed by atoms with van der Waals surface area (Å²) in [7, 11) is 1.23. The molecule has 1 saturated carbocycles. The van der Waals surface area contributed by atoms with E-state index in [-0.39, 0.29) is 18.2 Å². The largest absolute Gasteiger partial charge is 0.453 e. The molecule has 0 saturated heterocycles. The summed E-state index contributed by atoms with van der Waals surface area (Å²) in [4.78, 5) is 43.2. The molecule has 2 amide bonds. The lowest BCUT2D eigenvalue weighted by molar-refractivity contribution is -0.131. The second-order valence-corrected chi connectivity index (χ2v) is 10.9. The molecule has 0 spiro atoms. The summed E-state index contributed by atoms with van der Waals surface area (Å²) in [5.41, 5.74) is 10.5. The van der Waals surface area contributed by atoms with Crippen LogP contribution in [0.25, 0.3) is 0 Å². The van der Waals surface area contributed by atoms with E-state index < -0.39 is 41.9 Å². The van der Waals surface area contributed by atoms with Gasteiger partial charge in [-0.15, -0.1) is 0 Å². The number of aliphatic hydroxyl groups is 1. The van der Waals surface area contributed by atoms with Crippen LogP contribution in [0.15, 0.2) is 54.7 Å². The molecular weight excluding hydrogens is 510 g/mol. The Labute approximate surface area is 236 Å². The van der Waals surface area contributed by atoms with Gasteiger partial charge in [-0.1, -0.05) is 69.5 Å². The van der Waals surface area contributed by atoms with Gasteiger partial charge in [-0.05, 0) is 42.4 Å². The van der Waals surface area contributed by atoms with E-state index in [2.05, 4.69) is 15.7 Å². The molecule has 0 radical (unpaired) electrons. The number of carbonyl (C=O) groups excluding carboxylic acids is 3. The van der Waals surface area contributed by atoms with E-state index in [9.17, 15) is 19.5 Å². The van der Waals surface area contributed by atoms with Crippen molar-refractivity contribution in [2.24, 2.45) is 23.5 Å². The highest BCUT2D eigenvalue weighted by Gasteiger charge is 2.40. The molecule has 218 valence electrons. The number of rotatable bonds is 13. The summed E-state index contributed by atoms with van der Waals surface area (Å²) >= 11 is 0. The molecule has 40 heavy (non-hydrogen) atoms. The number of aromatic nitrogens is 1. The van der Waals surface area contributed by atoms with Gasteiger partial charge < -0.3 is 20.9 Å². The van der Waals surface area contributed by atoms with Crippen molar-refractivity contribution in [3.63, 3.8) is 0 Å². The number of ketones is 1. The molecule has 10 heteroatoms. The molecule has 2 unspecified atom stereocenters. The lowest BCUT2D eigenvalue weighted by Gasteiger charge is -2.36. The van der Waals surface area contributed by atoms with Crippen LogP contribution in [0, 0.1) is 17.8 Å². The number of nitrogens with two attached hydrogens (primary N) is 1. The van der Waals surface area contributed by atoms with Crippen LogP contribution >= 0.6 is 0 Å². The standard InChI is InChI=1S/C30H43N5O5/c1-20(2)27(33-30(39)40-3)28(37)25(26(31)22-14-8-5-9-15-22)24(36)19-35(18-21-12-6-4-7-13-21)34-29(38)23-16-10-11-17-32-23/h5,8-11,14-17,20-21,24-27,36H,4,6-7,12-13,18-19,31H2,1-3H3,(H,33,39)(H,34,38)/t24-,25?,26?,27-/m0/s1. The van der Waals surface area contributed by atoms with Crippen LogP contribution in [0.1, 0.15) is 68.0 Å². The van der Waals surface area contributed by atoms with Crippen molar-refractivity contribution in [1.82, 2.24) is 20.7 Å². The fraction of sp³-hybridized carbons (Fsp3) is 0.533. The van der Waals surface area contributed by atoms with Gasteiger partial charge in [0.15, 0.2) is 5.78 Å². The highest BCUT2D eigenvalue weighted by molar-refractivity contribution is 5.92. The van der Waals surface area contributed by atoms with Crippen LogP contribution in [0.2, 0.25) is 0 Å². The van der Waals surface area contributed by atoms with Crippen molar-refractivity contribution < 1.29 is 24.2 Å². The van der Waals surface area contributed by atoms with Crippen LogP contribution in [0.4, 0.5) is 4.79 Å². The van der Waals surface area contributed by atoms with Crippen LogP contribution in [-0.4, -0.2) is 65.2 Å². The van der Waals surface area contributed by atoms with Crippen molar-refractivity contribution in [2.45, 2.75) is 64.1 Å². The van der Waals surface area contributed by atoms with E-state index in [1.807, 2.05) is 18.2 Å². The fourth-order valence-corrected chi connectivity index (χ4v) is 5.33. The topological polar surface area (TPSA) is 147 Å². The number of hydrogen-bond donors (Lipinski definition) is 4. The van der Waals surface area contributed by atoms with Gasteiger partial charge >= 0.3 is 6.09 Å². The van der Waals surface area contributed by atoms with E-state index in [1.54, 1.807) is 55.4 Å². The first-order valence-corrected chi connectivity index (χ1v) is 14.0. The Hall–Kier alpha value is -3.34. The van der Waals surface area contributed by atoms with Crippen molar-refractivity contribution in [3.05, 3.63) is 66.0 Å². The first-order chi connectivity index (χ1) is 19.2. The number of hydrazine groups is 1. The van der Waals surface area contributed by atoms with Crippen molar-refractivity contribution in [2.75, 3.05) is 20.2 Å². The van der Waals surface area contributed by atoms with Gasteiger partial charge in [0.1, 0.15) is 5.69 Å². The fourth-order valence-electron chi connectivity index (χ4n) is 5.33. The van der Waals surface area contributed by atoms with E-state index >= 15 is 0 Å². The molecule has 0 aliphatic heterocycles. The molecule has 5 N–H and O–H groups in total. The van der Waals surface area contributed by atoms with Gasteiger partial charge in [-0.3, -0.25) is 20.0 Å². The number of nitrogens with one attached hydrogen (secondary N) is 2. The van der Waals surface area contributed by atoms with E-state index in [4.69, 9.17) is 10.5 Å². The SMILES string of the molecule is COC(=O)N[C@H](C(=O)C(C(N)c1ccccc1)[C@@H](O)CN(CC1CCCCC1)NC(=O)c1ccccn1)C(C)C. The molecule has 1 aliphatic carbocycles.